The number of ether oxygens (including phenoxy) is 1. The molecular formula is C17H18FN3O2. The highest BCUT2D eigenvalue weighted by atomic mass is 19.1. The fraction of sp³-hybridized carbons (Fsp3) is 0.294. The molecule has 120 valence electrons. The monoisotopic (exact) mass is 315 g/mol. The fourth-order valence-electron chi connectivity index (χ4n) is 2.43. The van der Waals surface area contributed by atoms with Crippen molar-refractivity contribution in [3.05, 3.63) is 63.8 Å². The zero-order valence-corrected chi connectivity index (χ0v) is 13.2. The third-order valence-electron chi connectivity index (χ3n) is 3.68. The largest absolute Gasteiger partial charge is 0.497 e. The molecule has 0 amide bonds. The van der Waals surface area contributed by atoms with E-state index in [1.807, 2.05) is 0 Å². The Balaban J connectivity index is 2.74. The average Bonchev–Trinajstić information content (AvgIpc) is 2.55. The van der Waals surface area contributed by atoms with Gasteiger partial charge in [0.2, 0.25) is 0 Å². The van der Waals surface area contributed by atoms with Crippen LogP contribution in [0, 0.1) is 5.82 Å². The van der Waals surface area contributed by atoms with Crippen LogP contribution in [-0.2, 0) is 12.1 Å². The third-order valence-corrected chi connectivity index (χ3v) is 3.68. The van der Waals surface area contributed by atoms with E-state index < -0.39 is 11.4 Å². The summed E-state index contributed by atoms with van der Waals surface area (Å²) in [6, 6.07) is 9.62. The number of rotatable bonds is 5. The molecule has 0 radical (unpaired) electrons. The van der Waals surface area contributed by atoms with Crippen LogP contribution in [-0.4, -0.2) is 12.2 Å². The van der Waals surface area contributed by atoms with Crippen molar-refractivity contribution in [1.82, 2.24) is 0 Å². The number of nitrogens with zero attached hydrogens (tertiary/aromatic N) is 3. The summed E-state index contributed by atoms with van der Waals surface area (Å²) in [4.78, 5) is 2.87. The summed E-state index contributed by atoms with van der Waals surface area (Å²) < 4.78 is 19.5. The maximum absolute atomic E-state index is 14.3. The molecular weight excluding hydrogens is 297 g/mol. The minimum absolute atomic E-state index is 0.153. The maximum atomic E-state index is 14.3. The molecule has 1 N–H and O–H groups in total. The summed E-state index contributed by atoms with van der Waals surface area (Å²) in [5, 5.41) is 13.2. The van der Waals surface area contributed by atoms with Crippen LogP contribution in [0.2, 0.25) is 0 Å². The van der Waals surface area contributed by atoms with Gasteiger partial charge in [-0.15, -0.1) is 0 Å². The smallest absolute Gasteiger partial charge is 0.131 e. The molecule has 0 saturated carbocycles. The van der Waals surface area contributed by atoms with Gasteiger partial charge in [-0.2, -0.15) is 0 Å². The molecule has 2 rings (SSSR count). The number of methoxy groups -OCH3 is 1. The molecule has 0 aliphatic heterocycles. The van der Waals surface area contributed by atoms with Crippen LogP contribution in [0.4, 0.5) is 4.39 Å². The molecule has 0 aliphatic carbocycles. The van der Waals surface area contributed by atoms with Gasteiger partial charge in [-0.05, 0) is 40.4 Å². The number of hydrogen-bond donors (Lipinski definition) is 1. The van der Waals surface area contributed by atoms with Crippen molar-refractivity contribution in [3.63, 3.8) is 0 Å². The molecule has 2 aromatic carbocycles. The first kappa shape index (κ1) is 16.8. The second-order valence-electron chi connectivity index (χ2n) is 5.63. The molecule has 0 saturated heterocycles. The van der Waals surface area contributed by atoms with Crippen molar-refractivity contribution in [1.29, 1.82) is 0 Å². The Labute approximate surface area is 134 Å². The molecule has 0 bridgehead atoms. The van der Waals surface area contributed by atoms with Gasteiger partial charge >= 0.3 is 0 Å². The second kappa shape index (κ2) is 6.69. The summed E-state index contributed by atoms with van der Waals surface area (Å²) in [5.74, 6) is 0.126. The first-order chi connectivity index (χ1) is 10.9. The Hall–Kier alpha value is -2.56. The lowest BCUT2D eigenvalue weighted by Crippen LogP contribution is -2.15. The van der Waals surface area contributed by atoms with Crippen LogP contribution in [0.1, 0.15) is 25.0 Å². The van der Waals surface area contributed by atoms with Crippen LogP contribution in [0.5, 0.6) is 5.75 Å². The minimum atomic E-state index is -0.898. The normalized spacial score (nSPS) is 11.0. The molecule has 23 heavy (non-hydrogen) atoms. The predicted molar refractivity (Wildman–Crippen MR) is 86.5 cm³/mol. The van der Waals surface area contributed by atoms with Gasteiger partial charge in [0.05, 0.1) is 19.3 Å². The van der Waals surface area contributed by atoms with Crippen molar-refractivity contribution >= 4 is 0 Å². The highest BCUT2D eigenvalue weighted by molar-refractivity contribution is 5.71. The van der Waals surface area contributed by atoms with E-state index in [1.54, 1.807) is 44.2 Å². The third kappa shape index (κ3) is 3.44. The van der Waals surface area contributed by atoms with Crippen molar-refractivity contribution < 1.29 is 14.2 Å². The van der Waals surface area contributed by atoms with Gasteiger partial charge in [0.15, 0.2) is 0 Å². The lowest BCUT2D eigenvalue weighted by molar-refractivity contribution is 0.281. The first-order valence-electron chi connectivity index (χ1n) is 7.07. The van der Waals surface area contributed by atoms with Gasteiger partial charge in [0, 0.05) is 10.5 Å². The lowest BCUT2D eigenvalue weighted by Gasteiger charge is -2.23. The minimum Gasteiger partial charge on any atom is -0.497 e. The molecule has 0 unspecified atom stereocenters. The number of halogens is 1. The van der Waals surface area contributed by atoms with Crippen LogP contribution >= 0.6 is 0 Å². The SMILES string of the molecule is COc1ccc(F)c(-c2ccc(CO)cc2C(C)(C)N=[N+]=[N-])c1. The van der Waals surface area contributed by atoms with Crippen molar-refractivity contribution in [2.45, 2.75) is 26.0 Å². The van der Waals surface area contributed by atoms with Gasteiger partial charge in [-0.1, -0.05) is 37.2 Å². The molecule has 0 aromatic heterocycles. The quantitative estimate of drug-likeness (QED) is 0.499. The average molecular weight is 315 g/mol. The number of aliphatic hydroxyl groups is 1. The number of hydrogen-bond acceptors (Lipinski definition) is 3. The van der Waals surface area contributed by atoms with E-state index in [-0.39, 0.29) is 6.61 Å². The van der Waals surface area contributed by atoms with E-state index in [2.05, 4.69) is 10.0 Å². The molecule has 0 aliphatic rings. The van der Waals surface area contributed by atoms with E-state index in [1.165, 1.54) is 13.2 Å². The van der Waals surface area contributed by atoms with Crippen LogP contribution in [0.15, 0.2) is 41.5 Å². The van der Waals surface area contributed by atoms with Gasteiger partial charge < -0.3 is 9.84 Å². The Morgan fingerprint density at radius 3 is 2.57 bits per heavy atom. The van der Waals surface area contributed by atoms with Crippen molar-refractivity contribution in [2.24, 2.45) is 5.11 Å². The van der Waals surface area contributed by atoms with Gasteiger partial charge in [-0.3, -0.25) is 0 Å². The summed E-state index contributed by atoms with van der Waals surface area (Å²) in [6.45, 7) is 3.33. The number of azide groups is 1. The summed E-state index contributed by atoms with van der Waals surface area (Å²) in [6.07, 6.45) is 0. The van der Waals surface area contributed by atoms with E-state index >= 15 is 0 Å². The Morgan fingerprint density at radius 1 is 1.22 bits per heavy atom. The molecule has 6 heteroatoms. The van der Waals surface area contributed by atoms with Crippen LogP contribution < -0.4 is 4.74 Å². The number of benzene rings is 2. The molecule has 2 aromatic rings. The molecule has 0 spiro atoms. The summed E-state index contributed by atoms with van der Waals surface area (Å²) in [5.41, 5.74) is 10.1. The Morgan fingerprint density at radius 2 is 1.96 bits per heavy atom. The molecule has 0 atom stereocenters. The van der Waals surface area contributed by atoms with Gasteiger partial charge in [0.25, 0.3) is 0 Å². The summed E-state index contributed by atoms with van der Waals surface area (Å²) in [7, 11) is 1.51. The van der Waals surface area contributed by atoms with E-state index in [9.17, 15) is 9.50 Å². The zero-order chi connectivity index (χ0) is 17.0. The molecule has 5 nitrogen and oxygen atoms in total. The molecule has 0 heterocycles. The first-order valence-corrected chi connectivity index (χ1v) is 7.07. The topological polar surface area (TPSA) is 78.2 Å². The van der Waals surface area contributed by atoms with E-state index in [4.69, 9.17) is 10.3 Å². The van der Waals surface area contributed by atoms with Gasteiger partial charge in [0.1, 0.15) is 11.6 Å². The highest BCUT2D eigenvalue weighted by Gasteiger charge is 2.24. The highest BCUT2D eigenvalue weighted by Crippen LogP contribution is 2.37. The summed E-state index contributed by atoms with van der Waals surface area (Å²) >= 11 is 0. The zero-order valence-electron chi connectivity index (χ0n) is 13.2. The van der Waals surface area contributed by atoms with Crippen LogP contribution in [0.3, 0.4) is 0 Å². The predicted octanol–water partition coefficient (Wildman–Crippen LogP) is 4.54. The van der Waals surface area contributed by atoms with E-state index in [0.717, 1.165) is 0 Å². The Kier molecular flexibility index (Phi) is 4.89. The van der Waals surface area contributed by atoms with Crippen molar-refractivity contribution in [2.75, 3.05) is 7.11 Å². The van der Waals surface area contributed by atoms with E-state index in [0.29, 0.717) is 28.0 Å². The van der Waals surface area contributed by atoms with Crippen molar-refractivity contribution in [3.8, 4) is 16.9 Å². The Bertz CT molecular complexity index is 768. The van der Waals surface area contributed by atoms with Crippen LogP contribution in [0.25, 0.3) is 21.6 Å². The second-order valence-corrected chi connectivity index (χ2v) is 5.63. The van der Waals surface area contributed by atoms with Gasteiger partial charge in [-0.25, -0.2) is 4.39 Å². The molecule has 0 fully saturated rings. The lowest BCUT2D eigenvalue weighted by atomic mass is 9.86. The maximum Gasteiger partial charge on any atom is 0.131 e. The fourth-order valence-corrected chi connectivity index (χ4v) is 2.43. The number of aliphatic hydroxyl groups excluding tert-OH is 1. The standard InChI is InChI=1S/C17H18FN3O2/c1-17(2,20-21-19)15-8-11(10-22)4-6-13(15)14-9-12(23-3)5-7-16(14)18/h4-9,22H,10H2,1-3H3.